The number of pyridine rings is 1. The number of nitrogen functional groups attached to an aromatic ring is 1. The van der Waals surface area contributed by atoms with Crippen molar-refractivity contribution in [3.8, 4) is 17.0 Å². The molecule has 1 aliphatic rings. The normalized spacial score (nSPS) is 19.3. The number of ether oxygens (including phenoxy) is 1. The number of imidazole rings is 1. The van der Waals surface area contributed by atoms with Crippen molar-refractivity contribution in [1.29, 1.82) is 0 Å². The second-order valence-electron chi connectivity index (χ2n) is 9.89. The predicted octanol–water partition coefficient (Wildman–Crippen LogP) is 3.29. The minimum Gasteiger partial charge on any atom is -0.494 e. The summed E-state index contributed by atoms with van der Waals surface area (Å²) in [5.41, 5.74) is 12.6. The third-order valence-electron chi connectivity index (χ3n) is 7.41. The van der Waals surface area contributed by atoms with E-state index in [1.54, 1.807) is 15.5 Å². The van der Waals surface area contributed by atoms with Crippen molar-refractivity contribution >= 4 is 22.7 Å². The number of alkyl halides is 2. The zero-order valence-electron chi connectivity index (χ0n) is 21.7. The molecule has 1 fully saturated rings. The van der Waals surface area contributed by atoms with E-state index in [4.69, 9.17) is 16.2 Å². The molecule has 14 heteroatoms. The minimum absolute atomic E-state index is 0.0788. The number of nitrogens with two attached hydrogens (primary N) is 2. The van der Waals surface area contributed by atoms with Crippen molar-refractivity contribution in [2.75, 3.05) is 30.8 Å². The first kappa shape index (κ1) is 27.5. The molecule has 0 saturated carbocycles. The molecular weight excluding hydrogens is 532 g/mol. The lowest BCUT2D eigenvalue weighted by atomic mass is 9.84. The standard InChI is InChI=1S/C26H28F4N8O2/c1-13(38-12-36-21-24(31)34-11-35-25(21)38)14-7-18(15-6-17(28)20(40-2)8-16(15)27)33-9-19(14)37-5-3-4-26(32,10-37)22(39)23(29)30/h6-9,11-13,22-23,39H,3-5,10,32H2,1-2H3,(H2,31,34,35)/t13-,22-,26+/m0/s1. The summed E-state index contributed by atoms with van der Waals surface area (Å²) in [6.45, 7) is 2.20. The molecule has 3 aromatic heterocycles. The van der Waals surface area contributed by atoms with Crippen LogP contribution < -0.4 is 21.1 Å². The first-order valence-electron chi connectivity index (χ1n) is 12.5. The molecule has 0 aliphatic carbocycles. The molecule has 0 bridgehead atoms. The number of fused-ring (bicyclic) bond motifs is 1. The Bertz CT molecular complexity index is 1550. The number of hydrogen-bond donors (Lipinski definition) is 3. The summed E-state index contributed by atoms with van der Waals surface area (Å²) in [7, 11) is 1.23. The van der Waals surface area contributed by atoms with Crippen LogP contribution in [0.25, 0.3) is 22.4 Å². The number of rotatable bonds is 7. The molecule has 1 aromatic carbocycles. The summed E-state index contributed by atoms with van der Waals surface area (Å²) in [4.78, 5) is 18.8. The molecule has 0 unspecified atom stereocenters. The summed E-state index contributed by atoms with van der Waals surface area (Å²) in [5.74, 6) is -1.58. The highest BCUT2D eigenvalue weighted by molar-refractivity contribution is 5.81. The maximum Gasteiger partial charge on any atom is 0.265 e. The Morgan fingerprint density at radius 1 is 1.10 bits per heavy atom. The third-order valence-corrected chi connectivity index (χ3v) is 7.41. The fourth-order valence-corrected chi connectivity index (χ4v) is 5.20. The van der Waals surface area contributed by atoms with Crippen LogP contribution in [0.3, 0.4) is 0 Å². The van der Waals surface area contributed by atoms with E-state index >= 15 is 4.39 Å². The average Bonchev–Trinajstić information content (AvgIpc) is 3.38. The van der Waals surface area contributed by atoms with Crippen LogP contribution in [0.1, 0.15) is 31.4 Å². The Morgan fingerprint density at radius 3 is 2.60 bits per heavy atom. The summed E-state index contributed by atoms with van der Waals surface area (Å²) >= 11 is 0. The molecule has 3 atom stereocenters. The van der Waals surface area contributed by atoms with E-state index in [0.29, 0.717) is 35.4 Å². The molecule has 0 spiro atoms. The summed E-state index contributed by atoms with van der Waals surface area (Å²) < 4.78 is 63.1. The van der Waals surface area contributed by atoms with Crippen LogP contribution in [-0.2, 0) is 0 Å². The van der Waals surface area contributed by atoms with Gasteiger partial charge in [0.2, 0.25) is 0 Å². The predicted molar refractivity (Wildman–Crippen MR) is 140 cm³/mol. The largest absolute Gasteiger partial charge is 0.494 e. The lowest BCUT2D eigenvalue weighted by molar-refractivity contribution is -0.0529. The minimum atomic E-state index is -3.01. The van der Waals surface area contributed by atoms with E-state index in [2.05, 4.69) is 19.9 Å². The number of aliphatic hydroxyl groups is 1. The van der Waals surface area contributed by atoms with Gasteiger partial charge in [-0.05, 0) is 31.9 Å². The van der Waals surface area contributed by atoms with Gasteiger partial charge < -0.3 is 30.8 Å². The second kappa shape index (κ2) is 10.5. The lowest BCUT2D eigenvalue weighted by Crippen LogP contribution is -2.63. The van der Waals surface area contributed by atoms with Gasteiger partial charge in [-0.15, -0.1) is 0 Å². The quantitative estimate of drug-likeness (QED) is 0.290. The fraction of sp³-hybridized carbons (Fsp3) is 0.385. The van der Waals surface area contributed by atoms with E-state index in [9.17, 15) is 18.3 Å². The molecule has 1 aliphatic heterocycles. The van der Waals surface area contributed by atoms with Crippen LogP contribution in [0.4, 0.5) is 29.1 Å². The fourth-order valence-electron chi connectivity index (χ4n) is 5.20. The Kier molecular flexibility index (Phi) is 7.23. The van der Waals surface area contributed by atoms with Gasteiger partial charge >= 0.3 is 0 Å². The molecule has 10 nitrogen and oxygen atoms in total. The van der Waals surface area contributed by atoms with Crippen LogP contribution in [0.15, 0.2) is 37.1 Å². The first-order chi connectivity index (χ1) is 19.0. The van der Waals surface area contributed by atoms with Crippen molar-refractivity contribution in [3.63, 3.8) is 0 Å². The molecular formula is C26H28F4N8O2. The maximum absolute atomic E-state index is 15.0. The number of aromatic nitrogens is 5. The number of halogens is 4. The Labute approximate surface area is 226 Å². The highest BCUT2D eigenvalue weighted by Crippen LogP contribution is 2.38. The monoisotopic (exact) mass is 560 g/mol. The number of benzene rings is 1. The van der Waals surface area contributed by atoms with E-state index in [0.717, 1.165) is 12.1 Å². The average molecular weight is 561 g/mol. The zero-order valence-corrected chi connectivity index (χ0v) is 21.7. The molecule has 5 N–H and O–H groups in total. The van der Waals surface area contributed by atoms with Crippen molar-refractivity contribution in [2.24, 2.45) is 5.73 Å². The molecule has 40 heavy (non-hydrogen) atoms. The van der Waals surface area contributed by atoms with Gasteiger partial charge in [-0.3, -0.25) is 4.98 Å². The molecule has 5 rings (SSSR count). The summed E-state index contributed by atoms with van der Waals surface area (Å²) in [5, 5.41) is 10.2. The van der Waals surface area contributed by atoms with Gasteiger partial charge in [-0.2, -0.15) is 0 Å². The molecule has 1 saturated heterocycles. The smallest absolute Gasteiger partial charge is 0.265 e. The molecule has 212 valence electrons. The first-order valence-corrected chi connectivity index (χ1v) is 12.5. The van der Waals surface area contributed by atoms with Crippen LogP contribution in [0.2, 0.25) is 0 Å². The summed E-state index contributed by atoms with van der Waals surface area (Å²) in [6.07, 6.45) is -0.115. The van der Waals surface area contributed by atoms with Gasteiger partial charge in [0.25, 0.3) is 6.43 Å². The van der Waals surface area contributed by atoms with E-state index in [1.807, 2.05) is 6.92 Å². The van der Waals surface area contributed by atoms with Gasteiger partial charge in [0.1, 0.15) is 23.8 Å². The number of aliphatic hydroxyl groups excluding tert-OH is 1. The van der Waals surface area contributed by atoms with Crippen molar-refractivity contribution in [3.05, 3.63) is 54.2 Å². The van der Waals surface area contributed by atoms with E-state index in [1.165, 1.54) is 26.0 Å². The van der Waals surface area contributed by atoms with Crippen molar-refractivity contribution in [1.82, 2.24) is 24.5 Å². The number of nitrogens with zero attached hydrogens (tertiary/aromatic N) is 6. The van der Waals surface area contributed by atoms with Gasteiger partial charge in [0, 0.05) is 30.3 Å². The molecule has 0 amide bonds. The highest BCUT2D eigenvalue weighted by Gasteiger charge is 2.43. The number of hydrogen-bond acceptors (Lipinski definition) is 9. The SMILES string of the molecule is COc1cc(F)c(-c2cc([C@H](C)n3cnc4c(N)ncnc43)c(N3CCC[C@](N)([C@@H](O)C(F)F)C3)cn2)cc1F. The van der Waals surface area contributed by atoms with Gasteiger partial charge in [-0.25, -0.2) is 32.5 Å². The highest BCUT2D eigenvalue weighted by atomic mass is 19.3. The Morgan fingerprint density at radius 2 is 1.88 bits per heavy atom. The van der Waals surface area contributed by atoms with E-state index in [-0.39, 0.29) is 35.8 Å². The van der Waals surface area contributed by atoms with Crippen molar-refractivity contribution < 1.29 is 27.4 Å². The summed E-state index contributed by atoms with van der Waals surface area (Å²) in [6, 6.07) is 3.01. The topological polar surface area (TPSA) is 141 Å². The van der Waals surface area contributed by atoms with Crippen LogP contribution in [-0.4, -0.2) is 67.9 Å². The Balaban J connectivity index is 1.64. The van der Waals surface area contributed by atoms with Gasteiger partial charge in [0.15, 0.2) is 23.0 Å². The maximum atomic E-state index is 15.0. The molecule has 4 heterocycles. The lowest BCUT2D eigenvalue weighted by Gasteiger charge is -2.44. The molecule has 0 radical (unpaired) electrons. The Hall–Kier alpha value is -4.04. The van der Waals surface area contributed by atoms with Crippen LogP contribution in [0, 0.1) is 11.6 Å². The third kappa shape index (κ3) is 4.77. The van der Waals surface area contributed by atoms with Gasteiger partial charge in [0.05, 0.1) is 42.6 Å². The number of methoxy groups -OCH3 is 1. The number of anilines is 2. The van der Waals surface area contributed by atoms with Crippen molar-refractivity contribution in [2.45, 2.75) is 43.9 Å². The van der Waals surface area contributed by atoms with Crippen LogP contribution >= 0.6 is 0 Å². The van der Waals surface area contributed by atoms with Gasteiger partial charge in [-0.1, -0.05) is 0 Å². The zero-order chi connectivity index (χ0) is 28.8. The molecule has 4 aromatic rings. The van der Waals surface area contributed by atoms with Crippen LogP contribution in [0.5, 0.6) is 5.75 Å². The second-order valence-corrected chi connectivity index (χ2v) is 9.89. The van der Waals surface area contributed by atoms with E-state index < -0.39 is 35.7 Å². The number of piperidine rings is 1.